The van der Waals surface area contributed by atoms with Gasteiger partial charge in [-0.3, -0.25) is 9.59 Å². The molecule has 3 fully saturated rings. The van der Waals surface area contributed by atoms with Gasteiger partial charge in [0.2, 0.25) is 0 Å². The van der Waals surface area contributed by atoms with Crippen molar-refractivity contribution in [2.24, 2.45) is 23.2 Å². The largest absolute Gasteiger partial charge is 0.469 e. The zero-order chi connectivity index (χ0) is 11.7. The van der Waals surface area contributed by atoms with E-state index in [1.807, 2.05) is 6.92 Å². The first-order valence-electron chi connectivity index (χ1n) is 5.44. The topological polar surface area (TPSA) is 52.6 Å². The van der Waals surface area contributed by atoms with E-state index in [1.165, 1.54) is 7.11 Å². The van der Waals surface area contributed by atoms with Gasteiger partial charge in [-0.25, -0.2) is 0 Å². The van der Waals surface area contributed by atoms with Crippen molar-refractivity contribution in [3.05, 3.63) is 0 Å². The molecule has 2 aliphatic carbocycles. The third kappa shape index (κ3) is 0.966. The zero-order valence-electron chi connectivity index (χ0n) is 9.10. The van der Waals surface area contributed by atoms with Gasteiger partial charge in [-0.2, -0.15) is 0 Å². The van der Waals surface area contributed by atoms with Crippen molar-refractivity contribution >= 4 is 34.5 Å². The lowest BCUT2D eigenvalue weighted by Crippen LogP contribution is -2.45. The normalized spacial score (nSPS) is 52.9. The van der Waals surface area contributed by atoms with Crippen LogP contribution in [-0.2, 0) is 19.1 Å². The second kappa shape index (κ2) is 3.11. The summed E-state index contributed by atoms with van der Waals surface area (Å²) in [5, 5.41) is 0. The third-order valence-electron chi connectivity index (χ3n) is 4.63. The summed E-state index contributed by atoms with van der Waals surface area (Å²) >= 11 is 2.31. The van der Waals surface area contributed by atoms with E-state index in [4.69, 9.17) is 9.47 Å². The van der Waals surface area contributed by atoms with E-state index < -0.39 is 5.41 Å². The van der Waals surface area contributed by atoms with Gasteiger partial charge in [0.1, 0.15) is 6.10 Å². The number of fused-ring (bicyclic) bond motifs is 1. The molecule has 0 amide bonds. The van der Waals surface area contributed by atoms with Gasteiger partial charge in [-0.05, 0) is 19.3 Å². The molecule has 0 N–H and O–H groups in total. The van der Waals surface area contributed by atoms with Crippen LogP contribution in [0.3, 0.4) is 0 Å². The quantitative estimate of drug-likeness (QED) is 0.410. The molecular weight excluding hydrogens is 323 g/mol. The summed E-state index contributed by atoms with van der Waals surface area (Å²) in [4.78, 5) is 23.8. The van der Waals surface area contributed by atoms with Crippen LogP contribution in [0.5, 0.6) is 0 Å². The van der Waals surface area contributed by atoms with Crippen molar-refractivity contribution in [1.82, 2.24) is 0 Å². The Morgan fingerprint density at radius 1 is 1.62 bits per heavy atom. The Balaban J connectivity index is 2.07. The van der Waals surface area contributed by atoms with Crippen LogP contribution < -0.4 is 0 Å². The van der Waals surface area contributed by atoms with Gasteiger partial charge in [0.15, 0.2) is 0 Å². The van der Waals surface area contributed by atoms with Crippen molar-refractivity contribution < 1.29 is 19.1 Å². The zero-order valence-corrected chi connectivity index (χ0v) is 11.3. The highest BCUT2D eigenvalue weighted by Gasteiger charge is 2.74. The Morgan fingerprint density at radius 2 is 2.31 bits per heavy atom. The molecule has 0 aromatic heterocycles. The van der Waals surface area contributed by atoms with Gasteiger partial charge < -0.3 is 9.47 Å². The lowest BCUT2D eigenvalue weighted by Gasteiger charge is -2.33. The van der Waals surface area contributed by atoms with Crippen LogP contribution in [0, 0.1) is 23.2 Å². The molecule has 1 heterocycles. The highest BCUT2D eigenvalue weighted by molar-refractivity contribution is 14.1. The Morgan fingerprint density at radius 3 is 2.94 bits per heavy atom. The minimum absolute atomic E-state index is 0.0176. The van der Waals surface area contributed by atoms with Crippen molar-refractivity contribution in [3.8, 4) is 0 Å². The minimum atomic E-state index is -0.635. The molecule has 0 aromatic rings. The molecular formula is C11H13IO4. The van der Waals surface area contributed by atoms with Crippen LogP contribution in [0.25, 0.3) is 0 Å². The van der Waals surface area contributed by atoms with E-state index in [-0.39, 0.29) is 39.7 Å². The SMILES string of the molecule is COC(=O)[C@H]1[C@@H]2C[C@@H]3[C@@H](OC(=O)[C@@]31C)[C@H]2I. The van der Waals surface area contributed by atoms with Crippen molar-refractivity contribution in [2.75, 3.05) is 7.11 Å². The van der Waals surface area contributed by atoms with Gasteiger partial charge in [0.25, 0.3) is 0 Å². The first-order valence-corrected chi connectivity index (χ1v) is 6.69. The number of esters is 2. The maximum Gasteiger partial charge on any atom is 0.313 e. The average molecular weight is 336 g/mol. The number of carbonyl (C=O) groups is 2. The van der Waals surface area contributed by atoms with Crippen LogP contribution in [-0.4, -0.2) is 29.1 Å². The van der Waals surface area contributed by atoms with Gasteiger partial charge in [-0.15, -0.1) is 0 Å². The number of methoxy groups -OCH3 is 1. The standard InChI is InChI=1S/C11H13IO4/c1-11-5-3-4(6(11)9(13)15-2)7(12)8(5)16-10(11)14/h4-8H,3H2,1-2H3/t4-,5+,6+,7-,8+,11-/m0/s1. The molecule has 3 aliphatic rings. The minimum Gasteiger partial charge on any atom is -0.469 e. The lowest BCUT2D eigenvalue weighted by molar-refractivity contribution is -0.159. The fraction of sp³-hybridized carbons (Fsp3) is 0.818. The summed E-state index contributed by atoms with van der Waals surface area (Å²) in [5.41, 5.74) is -0.635. The number of rotatable bonds is 1. The van der Waals surface area contributed by atoms with Crippen molar-refractivity contribution in [2.45, 2.75) is 23.4 Å². The number of hydrogen-bond acceptors (Lipinski definition) is 4. The van der Waals surface area contributed by atoms with Crippen LogP contribution in [0.2, 0.25) is 0 Å². The Labute approximate surface area is 107 Å². The summed E-state index contributed by atoms with van der Waals surface area (Å²) in [6.07, 6.45) is 0.935. The molecule has 2 bridgehead atoms. The first kappa shape index (κ1) is 10.8. The predicted octanol–water partition coefficient (Wildman–Crippen LogP) is 1.16. The smallest absolute Gasteiger partial charge is 0.313 e. The molecule has 2 saturated carbocycles. The summed E-state index contributed by atoms with van der Waals surface area (Å²) in [5.74, 6) is -0.334. The van der Waals surface area contributed by atoms with Crippen LogP contribution in [0.1, 0.15) is 13.3 Å². The van der Waals surface area contributed by atoms with E-state index in [0.717, 1.165) is 6.42 Å². The van der Waals surface area contributed by atoms with Crippen LogP contribution in [0.15, 0.2) is 0 Å². The first-order chi connectivity index (χ1) is 7.51. The summed E-state index contributed by atoms with van der Waals surface area (Å²) in [6.45, 7) is 1.87. The average Bonchev–Trinajstić information content (AvgIpc) is 2.79. The highest BCUT2D eigenvalue weighted by Crippen LogP contribution is 2.66. The lowest BCUT2D eigenvalue weighted by atomic mass is 9.68. The van der Waals surface area contributed by atoms with Crippen LogP contribution in [0.4, 0.5) is 0 Å². The molecule has 5 heteroatoms. The molecule has 0 aromatic carbocycles. The maximum absolute atomic E-state index is 12.0. The number of carbonyl (C=O) groups excluding carboxylic acids is 2. The second-order valence-electron chi connectivity index (χ2n) is 5.10. The van der Waals surface area contributed by atoms with Gasteiger partial charge in [0.05, 0.1) is 22.4 Å². The molecule has 88 valence electrons. The summed E-state index contributed by atoms with van der Waals surface area (Å²) in [7, 11) is 1.39. The van der Waals surface area contributed by atoms with Gasteiger partial charge in [-0.1, -0.05) is 22.6 Å². The molecule has 4 nitrogen and oxygen atoms in total. The van der Waals surface area contributed by atoms with Gasteiger partial charge in [0, 0.05) is 5.92 Å². The molecule has 0 unspecified atom stereocenters. The molecule has 1 saturated heterocycles. The molecule has 16 heavy (non-hydrogen) atoms. The summed E-state index contributed by atoms with van der Waals surface area (Å²) < 4.78 is 10.5. The number of alkyl halides is 1. The molecule has 3 rings (SSSR count). The highest BCUT2D eigenvalue weighted by atomic mass is 127. The fourth-order valence-corrected chi connectivity index (χ4v) is 5.18. The number of hydrogen-bond donors (Lipinski definition) is 0. The second-order valence-corrected chi connectivity index (χ2v) is 6.54. The van der Waals surface area contributed by atoms with Crippen molar-refractivity contribution in [3.63, 3.8) is 0 Å². The van der Waals surface area contributed by atoms with E-state index >= 15 is 0 Å². The Hall–Kier alpha value is -0.330. The molecule has 0 radical (unpaired) electrons. The monoisotopic (exact) mass is 336 g/mol. The third-order valence-corrected chi connectivity index (χ3v) is 6.26. The number of ether oxygens (including phenoxy) is 2. The molecule has 6 atom stereocenters. The van der Waals surface area contributed by atoms with Gasteiger partial charge >= 0.3 is 11.9 Å². The predicted molar refractivity (Wildman–Crippen MR) is 62.9 cm³/mol. The molecule has 1 aliphatic heterocycles. The van der Waals surface area contributed by atoms with Crippen LogP contribution >= 0.6 is 22.6 Å². The Kier molecular flexibility index (Phi) is 2.10. The maximum atomic E-state index is 12.0. The summed E-state index contributed by atoms with van der Waals surface area (Å²) in [6, 6.07) is 0. The van der Waals surface area contributed by atoms with Crippen molar-refractivity contribution in [1.29, 1.82) is 0 Å². The van der Waals surface area contributed by atoms with E-state index in [1.54, 1.807) is 0 Å². The fourth-order valence-electron chi connectivity index (χ4n) is 3.83. The number of halogens is 1. The Bertz CT molecular complexity index is 382. The molecule has 0 spiro atoms. The van der Waals surface area contributed by atoms with E-state index in [0.29, 0.717) is 0 Å². The van der Waals surface area contributed by atoms with E-state index in [9.17, 15) is 9.59 Å². The van der Waals surface area contributed by atoms with E-state index in [2.05, 4.69) is 22.6 Å².